The van der Waals surface area contributed by atoms with Crippen LogP contribution in [0.4, 0.5) is 0 Å². The summed E-state index contributed by atoms with van der Waals surface area (Å²) >= 11 is 0. The molecule has 0 amide bonds. The van der Waals surface area contributed by atoms with Gasteiger partial charge < -0.3 is 5.11 Å². The maximum Gasteiger partial charge on any atom is 0.342 e. The van der Waals surface area contributed by atoms with Gasteiger partial charge in [-0.2, -0.15) is 0 Å². The van der Waals surface area contributed by atoms with E-state index in [1.165, 1.54) is 12.4 Å². The summed E-state index contributed by atoms with van der Waals surface area (Å²) in [6.07, 6.45) is 4.00. The Kier molecular flexibility index (Phi) is 3.23. The maximum absolute atomic E-state index is 11.6. The van der Waals surface area contributed by atoms with Crippen molar-refractivity contribution in [1.29, 1.82) is 0 Å². The highest BCUT2D eigenvalue weighted by Gasteiger charge is 2.11. The molecule has 2 rings (SSSR count). The molecule has 0 unspecified atom stereocenters. The Balaban J connectivity index is 2.43. The van der Waals surface area contributed by atoms with Gasteiger partial charge in [-0.05, 0) is 6.92 Å². The summed E-state index contributed by atoms with van der Waals surface area (Å²) in [6.45, 7) is 1.80. The van der Waals surface area contributed by atoms with Gasteiger partial charge in [0.05, 0.1) is 24.1 Å². The van der Waals surface area contributed by atoms with Crippen LogP contribution < -0.4 is 11.2 Å². The molecular weight excluding hydrogens is 252 g/mol. The van der Waals surface area contributed by atoms with Crippen molar-refractivity contribution >= 4 is 5.97 Å². The minimum atomic E-state index is -1.40. The molecule has 8 nitrogen and oxygen atoms in total. The quantitative estimate of drug-likeness (QED) is 0.761. The zero-order valence-corrected chi connectivity index (χ0v) is 9.95. The molecule has 19 heavy (non-hydrogen) atoms. The van der Waals surface area contributed by atoms with Gasteiger partial charge in [0.2, 0.25) is 0 Å². The summed E-state index contributed by atoms with van der Waals surface area (Å²) < 4.78 is 1.06. The van der Waals surface area contributed by atoms with Crippen LogP contribution in [0.5, 0.6) is 0 Å². The summed E-state index contributed by atoms with van der Waals surface area (Å²) in [5.74, 6) is -1.40. The lowest BCUT2D eigenvalue weighted by Crippen LogP contribution is -2.33. The molecule has 0 aliphatic carbocycles. The second-order valence-corrected chi connectivity index (χ2v) is 3.88. The van der Waals surface area contributed by atoms with Crippen LogP contribution in [0, 0.1) is 6.92 Å². The van der Waals surface area contributed by atoms with Crippen LogP contribution in [0.2, 0.25) is 0 Å². The molecule has 0 atom stereocenters. The van der Waals surface area contributed by atoms with Gasteiger partial charge in [0, 0.05) is 12.4 Å². The van der Waals surface area contributed by atoms with Crippen molar-refractivity contribution in [2.45, 2.75) is 13.5 Å². The molecule has 0 spiro atoms. The first-order valence-corrected chi connectivity index (χ1v) is 5.32. The van der Waals surface area contributed by atoms with Gasteiger partial charge >= 0.3 is 11.7 Å². The number of aromatic carboxylic acids is 1. The van der Waals surface area contributed by atoms with Crippen LogP contribution in [0.25, 0.3) is 0 Å². The summed E-state index contributed by atoms with van der Waals surface area (Å²) in [4.78, 5) is 43.6. The van der Waals surface area contributed by atoms with Crippen molar-refractivity contribution in [3.05, 3.63) is 56.4 Å². The molecule has 0 aromatic carbocycles. The lowest BCUT2D eigenvalue weighted by atomic mass is 10.3. The van der Waals surface area contributed by atoms with Crippen LogP contribution in [0.1, 0.15) is 21.7 Å². The van der Waals surface area contributed by atoms with Crippen LogP contribution in [-0.4, -0.2) is 30.6 Å². The molecule has 2 aromatic rings. The summed E-state index contributed by atoms with van der Waals surface area (Å²) in [6, 6.07) is 0. The van der Waals surface area contributed by atoms with Gasteiger partial charge in [-0.25, -0.2) is 9.59 Å². The Morgan fingerprint density at radius 2 is 2.11 bits per heavy atom. The smallest absolute Gasteiger partial charge is 0.342 e. The molecule has 0 saturated carbocycles. The number of nitrogens with zero attached hydrogens (tertiary/aromatic N) is 3. The molecule has 0 radical (unpaired) electrons. The Morgan fingerprint density at radius 1 is 1.37 bits per heavy atom. The second kappa shape index (κ2) is 4.84. The van der Waals surface area contributed by atoms with Gasteiger partial charge in [0.1, 0.15) is 5.56 Å². The van der Waals surface area contributed by atoms with Crippen molar-refractivity contribution in [2.75, 3.05) is 0 Å². The van der Waals surface area contributed by atoms with Crippen molar-refractivity contribution in [2.24, 2.45) is 0 Å². The molecule has 0 bridgehead atoms. The average molecular weight is 262 g/mol. The minimum absolute atomic E-state index is 0.0309. The number of aryl methyl sites for hydroxylation is 1. The first kappa shape index (κ1) is 12.7. The van der Waals surface area contributed by atoms with Gasteiger partial charge in [-0.1, -0.05) is 0 Å². The van der Waals surface area contributed by atoms with Crippen LogP contribution in [0.3, 0.4) is 0 Å². The number of rotatable bonds is 3. The predicted octanol–water partition coefficient (Wildman–Crippen LogP) is -0.618. The van der Waals surface area contributed by atoms with E-state index in [0.717, 1.165) is 16.5 Å². The van der Waals surface area contributed by atoms with Crippen LogP contribution in [0.15, 0.2) is 28.2 Å². The second-order valence-electron chi connectivity index (χ2n) is 3.88. The topological polar surface area (TPSA) is 118 Å². The summed E-state index contributed by atoms with van der Waals surface area (Å²) in [5, 5.41) is 8.82. The fourth-order valence-corrected chi connectivity index (χ4v) is 1.45. The molecule has 0 aliphatic heterocycles. The van der Waals surface area contributed by atoms with Crippen molar-refractivity contribution in [3.63, 3.8) is 0 Å². The fourth-order valence-electron chi connectivity index (χ4n) is 1.45. The third-order valence-electron chi connectivity index (χ3n) is 2.41. The van der Waals surface area contributed by atoms with E-state index in [0.29, 0.717) is 5.69 Å². The number of carboxylic acid groups (broad SMARTS) is 1. The molecular formula is C11H10N4O4. The molecule has 2 N–H and O–H groups in total. The SMILES string of the molecule is Cc1cnc(Cn2cc(C(=O)O)c(=O)[nH]c2=O)cn1. The van der Waals surface area contributed by atoms with Gasteiger partial charge in [-0.3, -0.25) is 24.3 Å². The van der Waals surface area contributed by atoms with Gasteiger partial charge in [0.25, 0.3) is 5.56 Å². The monoisotopic (exact) mass is 262 g/mol. The van der Waals surface area contributed by atoms with Crippen molar-refractivity contribution < 1.29 is 9.90 Å². The third-order valence-corrected chi connectivity index (χ3v) is 2.41. The number of aromatic nitrogens is 4. The molecule has 0 saturated heterocycles. The van der Waals surface area contributed by atoms with E-state index in [-0.39, 0.29) is 6.54 Å². The highest BCUT2D eigenvalue weighted by atomic mass is 16.4. The normalized spacial score (nSPS) is 10.4. The maximum atomic E-state index is 11.6. The molecule has 0 aliphatic rings. The van der Waals surface area contributed by atoms with E-state index in [1.54, 1.807) is 6.92 Å². The molecule has 0 fully saturated rings. The van der Waals surface area contributed by atoms with E-state index in [9.17, 15) is 14.4 Å². The first-order valence-electron chi connectivity index (χ1n) is 5.32. The standard InChI is InChI=1S/C11H10N4O4/c1-6-2-13-7(3-12-6)4-15-5-8(10(17)18)9(16)14-11(15)19/h2-3,5H,4H2,1H3,(H,17,18)(H,14,16,19). The van der Waals surface area contributed by atoms with Crippen LogP contribution >= 0.6 is 0 Å². The third kappa shape index (κ3) is 2.73. The Labute approximate surface area is 106 Å². The highest BCUT2D eigenvalue weighted by molar-refractivity contribution is 5.86. The van der Waals surface area contributed by atoms with E-state index in [2.05, 4.69) is 9.97 Å². The van der Waals surface area contributed by atoms with Gasteiger partial charge in [0.15, 0.2) is 0 Å². The highest BCUT2D eigenvalue weighted by Crippen LogP contribution is 1.97. The van der Waals surface area contributed by atoms with E-state index < -0.39 is 22.8 Å². The Hall–Kier alpha value is -2.77. The van der Waals surface area contributed by atoms with Crippen LogP contribution in [-0.2, 0) is 6.54 Å². The number of carbonyl (C=O) groups is 1. The fraction of sp³-hybridized carbons (Fsp3) is 0.182. The summed E-state index contributed by atoms with van der Waals surface area (Å²) in [7, 11) is 0. The largest absolute Gasteiger partial charge is 0.477 e. The zero-order chi connectivity index (χ0) is 14.0. The number of carboxylic acids is 1. The lowest BCUT2D eigenvalue weighted by molar-refractivity contribution is 0.0693. The Bertz CT molecular complexity index is 730. The van der Waals surface area contributed by atoms with Crippen molar-refractivity contribution in [3.8, 4) is 0 Å². The summed E-state index contributed by atoms with van der Waals surface area (Å²) in [5.41, 5.74) is -0.916. The van der Waals surface area contributed by atoms with E-state index in [1.807, 2.05) is 4.98 Å². The number of hydrogen-bond acceptors (Lipinski definition) is 5. The van der Waals surface area contributed by atoms with Gasteiger partial charge in [-0.15, -0.1) is 0 Å². The number of hydrogen-bond donors (Lipinski definition) is 2. The number of aromatic amines is 1. The molecule has 98 valence electrons. The Morgan fingerprint density at radius 3 is 2.68 bits per heavy atom. The number of H-pyrrole nitrogens is 1. The molecule has 2 heterocycles. The zero-order valence-electron chi connectivity index (χ0n) is 9.95. The predicted molar refractivity (Wildman–Crippen MR) is 64.2 cm³/mol. The first-order chi connectivity index (χ1) is 8.97. The number of nitrogens with one attached hydrogen (secondary N) is 1. The van der Waals surface area contributed by atoms with E-state index >= 15 is 0 Å². The average Bonchev–Trinajstić information content (AvgIpc) is 2.34. The van der Waals surface area contributed by atoms with E-state index in [4.69, 9.17) is 5.11 Å². The minimum Gasteiger partial charge on any atom is -0.477 e. The van der Waals surface area contributed by atoms with Crippen molar-refractivity contribution in [1.82, 2.24) is 19.5 Å². The molecule has 8 heteroatoms. The molecule has 2 aromatic heterocycles. The lowest BCUT2D eigenvalue weighted by Gasteiger charge is -2.05.